The molecule has 0 aliphatic heterocycles. The first-order chi connectivity index (χ1) is 10.0. The maximum atomic E-state index is 11.8. The minimum Gasteiger partial charge on any atom is -0.493 e. The van der Waals surface area contributed by atoms with E-state index >= 15 is 0 Å². The van der Waals surface area contributed by atoms with Crippen molar-refractivity contribution in [1.82, 2.24) is 4.90 Å². The van der Waals surface area contributed by atoms with Gasteiger partial charge in [0.25, 0.3) is 0 Å². The van der Waals surface area contributed by atoms with Crippen molar-refractivity contribution < 1.29 is 19.1 Å². The van der Waals surface area contributed by atoms with Gasteiger partial charge in [-0.05, 0) is 31.9 Å². The fraction of sp³-hybridized carbons (Fsp3) is 0.500. The molecule has 0 atom stereocenters. The zero-order chi connectivity index (χ0) is 15.7. The van der Waals surface area contributed by atoms with Crippen LogP contribution < -0.4 is 4.74 Å². The van der Waals surface area contributed by atoms with Crippen molar-refractivity contribution in [1.29, 1.82) is 0 Å². The lowest BCUT2D eigenvalue weighted by atomic mass is 10.2. The Hall–Kier alpha value is -2.04. The van der Waals surface area contributed by atoms with Gasteiger partial charge in [-0.3, -0.25) is 9.59 Å². The number of amides is 1. The molecule has 0 unspecified atom stereocenters. The van der Waals surface area contributed by atoms with E-state index in [4.69, 9.17) is 9.47 Å². The third-order valence-electron chi connectivity index (χ3n) is 2.98. The van der Waals surface area contributed by atoms with Crippen LogP contribution in [0.3, 0.4) is 0 Å². The number of hydrogen-bond acceptors (Lipinski definition) is 4. The molecule has 0 aliphatic rings. The Morgan fingerprint density at radius 2 is 1.95 bits per heavy atom. The van der Waals surface area contributed by atoms with Crippen LogP contribution in [0.15, 0.2) is 24.3 Å². The smallest absolute Gasteiger partial charge is 0.325 e. The molecular weight excluding hydrogens is 270 g/mol. The third kappa shape index (κ3) is 6.29. The number of esters is 1. The van der Waals surface area contributed by atoms with E-state index in [9.17, 15) is 9.59 Å². The van der Waals surface area contributed by atoms with Gasteiger partial charge in [-0.1, -0.05) is 18.2 Å². The van der Waals surface area contributed by atoms with Crippen LogP contribution in [0.2, 0.25) is 0 Å². The van der Waals surface area contributed by atoms with Gasteiger partial charge in [-0.15, -0.1) is 0 Å². The van der Waals surface area contributed by atoms with Gasteiger partial charge in [0, 0.05) is 13.5 Å². The number of ether oxygens (including phenoxy) is 2. The van der Waals surface area contributed by atoms with Crippen molar-refractivity contribution in [2.45, 2.75) is 26.7 Å². The molecule has 1 aromatic rings. The van der Waals surface area contributed by atoms with Crippen molar-refractivity contribution in [3.05, 3.63) is 29.8 Å². The van der Waals surface area contributed by atoms with Crippen LogP contribution in [0.5, 0.6) is 5.75 Å². The molecule has 0 saturated carbocycles. The van der Waals surface area contributed by atoms with E-state index < -0.39 is 0 Å². The first kappa shape index (κ1) is 17.0. The minimum absolute atomic E-state index is 0.00861. The van der Waals surface area contributed by atoms with Crippen LogP contribution in [-0.2, 0) is 14.3 Å². The van der Waals surface area contributed by atoms with Gasteiger partial charge in [-0.2, -0.15) is 0 Å². The lowest BCUT2D eigenvalue weighted by molar-refractivity contribution is -0.148. The summed E-state index contributed by atoms with van der Waals surface area (Å²) in [5.41, 5.74) is 1.07. The van der Waals surface area contributed by atoms with Gasteiger partial charge in [0.2, 0.25) is 5.91 Å². The SMILES string of the molecule is CCOC(=O)CN(C)C(=O)CCCOc1ccccc1C. The normalized spacial score (nSPS) is 10.0. The van der Waals surface area contributed by atoms with Crippen molar-refractivity contribution in [2.24, 2.45) is 0 Å². The summed E-state index contributed by atoms with van der Waals surface area (Å²) in [6.45, 7) is 4.51. The standard InChI is InChI=1S/C16H23NO4/c1-4-20-16(19)12-17(3)15(18)10-7-11-21-14-9-6-5-8-13(14)2/h5-6,8-9H,4,7,10-12H2,1-3H3. The molecule has 0 saturated heterocycles. The molecule has 1 rings (SSSR count). The zero-order valence-electron chi connectivity index (χ0n) is 12.9. The molecule has 116 valence electrons. The molecule has 1 aromatic carbocycles. The highest BCUT2D eigenvalue weighted by atomic mass is 16.5. The molecule has 0 aliphatic carbocycles. The summed E-state index contributed by atoms with van der Waals surface area (Å²) in [5.74, 6) is 0.366. The van der Waals surface area contributed by atoms with Gasteiger partial charge in [0.1, 0.15) is 12.3 Å². The molecule has 0 N–H and O–H groups in total. The topological polar surface area (TPSA) is 55.8 Å². The molecule has 5 heteroatoms. The summed E-state index contributed by atoms with van der Waals surface area (Å²) < 4.78 is 10.4. The molecule has 0 bridgehead atoms. The van der Waals surface area contributed by atoms with E-state index in [1.807, 2.05) is 31.2 Å². The number of benzene rings is 1. The van der Waals surface area contributed by atoms with E-state index in [0.29, 0.717) is 26.1 Å². The molecule has 5 nitrogen and oxygen atoms in total. The molecule has 21 heavy (non-hydrogen) atoms. The summed E-state index contributed by atoms with van der Waals surface area (Å²) >= 11 is 0. The summed E-state index contributed by atoms with van der Waals surface area (Å²) in [6.07, 6.45) is 0.960. The molecule has 0 spiro atoms. The number of para-hydroxylation sites is 1. The van der Waals surface area contributed by atoms with Crippen LogP contribution in [-0.4, -0.2) is 43.6 Å². The second-order valence-corrected chi connectivity index (χ2v) is 4.77. The fourth-order valence-corrected chi connectivity index (χ4v) is 1.80. The second kappa shape index (κ2) is 9.00. The van der Waals surface area contributed by atoms with E-state index in [-0.39, 0.29) is 18.4 Å². The largest absolute Gasteiger partial charge is 0.493 e. The average molecular weight is 293 g/mol. The molecular formula is C16H23NO4. The lowest BCUT2D eigenvalue weighted by Gasteiger charge is -2.16. The Bertz CT molecular complexity index is 473. The Balaban J connectivity index is 2.24. The minimum atomic E-state index is -0.385. The Labute approximate surface area is 125 Å². The van der Waals surface area contributed by atoms with E-state index in [1.54, 1.807) is 14.0 Å². The molecule has 1 amide bonds. The zero-order valence-corrected chi connectivity index (χ0v) is 12.9. The van der Waals surface area contributed by atoms with Crippen molar-refractivity contribution in [3.63, 3.8) is 0 Å². The number of likely N-dealkylation sites (N-methyl/N-ethyl adjacent to an activating group) is 1. The number of hydrogen-bond donors (Lipinski definition) is 0. The number of rotatable bonds is 8. The van der Waals surface area contributed by atoms with Crippen molar-refractivity contribution >= 4 is 11.9 Å². The Morgan fingerprint density at radius 3 is 2.62 bits per heavy atom. The first-order valence-electron chi connectivity index (χ1n) is 7.12. The maximum absolute atomic E-state index is 11.8. The summed E-state index contributed by atoms with van der Waals surface area (Å²) in [5, 5.41) is 0. The lowest BCUT2D eigenvalue weighted by Crippen LogP contribution is -2.33. The Morgan fingerprint density at radius 1 is 1.24 bits per heavy atom. The van der Waals surface area contributed by atoms with Crippen LogP contribution >= 0.6 is 0 Å². The highest BCUT2D eigenvalue weighted by molar-refractivity contribution is 5.81. The number of aryl methyl sites for hydroxylation is 1. The third-order valence-corrected chi connectivity index (χ3v) is 2.98. The summed E-state index contributed by atoms with van der Waals surface area (Å²) in [7, 11) is 1.60. The number of carbonyl (C=O) groups is 2. The van der Waals surface area contributed by atoms with E-state index in [1.165, 1.54) is 4.90 Å². The molecule has 0 heterocycles. The molecule has 0 radical (unpaired) electrons. The quantitative estimate of drug-likeness (QED) is 0.544. The molecule has 0 aromatic heterocycles. The average Bonchev–Trinajstić information content (AvgIpc) is 2.45. The van der Waals surface area contributed by atoms with E-state index in [0.717, 1.165) is 11.3 Å². The van der Waals surface area contributed by atoms with Crippen LogP contribution in [0.4, 0.5) is 0 Å². The monoisotopic (exact) mass is 293 g/mol. The van der Waals surface area contributed by atoms with Crippen molar-refractivity contribution in [3.8, 4) is 5.75 Å². The highest BCUT2D eigenvalue weighted by Crippen LogP contribution is 2.16. The predicted octanol–water partition coefficient (Wildman–Crippen LogP) is 2.18. The summed E-state index contributed by atoms with van der Waals surface area (Å²) in [6, 6.07) is 7.76. The molecule has 0 fully saturated rings. The maximum Gasteiger partial charge on any atom is 0.325 e. The van der Waals surface area contributed by atoms with Crippen LogP contribution in [0.25, 0.3) is 0 Å². The summed E-state index contributed by atoms with van der Waals surface area (Å²) in [4.78, 5) is 24.5. The fourth-order valence-electron chi connectivity index (χ4n) is 1.80. The predicted molar refractivity (Wildman–Crippen MR) is 80.2 cm³/mol. The number of carbonyl (C=O) groups excluding carboxylic acids is 2. The van der Waals surface area contributed by atoms with Crippen LogP contribution in [0.1, 0.15) is 25.3 Å². The van der Waals surface area contributed by atoms with Gasteiger partial charge < -0.3 is 14.4 Å². The van der Waals surface area contributed by atoms with Crippen molar-refractivity contribution in [2.75, 3.05) is 26.8 Å². The van der Waals surface area contributed by atoms with E-state index in [2.05, 4.69) is 0 Å². The number of nitrogens with zero attached hydrogens (tertiary/aromatic N) is 1. The first-order valence-corrected chi connectivity index (χ1v) is 7.12. The highest BCUT2D eigenvalue weighted by Gasteiger charge is 2.13. The second-order valence-electron chi connectivity index (χ2n) is 4.77. The van der Waals surface area contributed by atoms with Crippen LogP contribution in [0, 0.1) is 6.92 Å². The van der Waals surface area contributed by atoms with Gasteiger partial charge >= 0.3 is 5.97 Å². The van der Waals surface area contributed by atoms with Gasteiger partial charge in [0.05, 0.1) is 13.2 Å². The van der Waals surface area contributed by atoms with Gasteiger partial charge in [0.15, 0.2) is 0 Å². The Kier molecular flexibility index (Phi) is 7.29. The van der Waals surface area contributed by atoms with Gasteiger partial charge in [-0.25, -0.2) is 0 Å².